The molecule has 2 aromatic carbocycles. The lowest BCUT2D eigenvalue weighted by Gasteiger charge is -2.22. The molecule has 0 radical (unpaired) electrons. The van der Waals surface area contributed by atoms with Crippen LogP contribution in [0.15, 0.2) is 64.4 Å². The lowest BCUT2D eigenvalue weighted by atomic mass is 10.2. The first-order chi connectivity index (χ1) is 14.0. The van der Waals surface area contributed by atoms with Gasteiger partial charge < -0.3 is 14.1 Å². The van der Waals surface area contributed by atoms with Gasteiger partial charge in [-0.25, -0.2) is 9.37 Å². The highest BCUT2D eigenvalue weighted by atomic mass is 32.1. The zero-order valence-electron chi connectivity index (χ0n) is 16.0. The molecule has 4 rings (SSSR count). The van der Waals surface area contributed by atoms with Crippen LogP contribution in [-0.2, 0) is 6.61 Å². The van der Waals surface area contributed by atoms with Gasteiger partial charge in [-0.1, -0.05) is 18.2 Å². The molecule has 0 fully saturated rings. The number of thiazole rings is 1. The van der Waals surface area contributed by atoms with Gasteiger partial charge in [0.05, 0.1) is 6.04 Å². The highest BCUT2D eigenvalue weighted by Gasteiger charge is 2.23. The van der Waals surface area contributed by atoms with E-state index in [-0.39, 0.29) is 24.4 Å². The predicted octanol–water partition coefficient (Wildman–Crippen LogP) is 5.44. The Morgan fingerprint density at radius 2 is 2.00 bits per heavy atom. The monoisotopic (exact) mass is 410 g/mol. The van der Waals surface area contributed by atoms with E-state index in [2.05, 4.69) is 4.98 Å². The number of para-hydroxylation sites is 1. The fourth-order valence-corrected chi connectivity index (χ4v) is 3.59. The summed E-state index contributed by atoms with van der Waals surface area (Å²) in [6, 6.07) is 15.2. The Kier molecular flexibility index (Phi) is 5.31. The zero-order chi connectivity index (χ0) is 20.4. The molecular formula is C22H19FN2O3S. The van der Waals surface area contributed by atoms with Crippen molar-refractivity contribution in [3.05, 3.63) is 82.3 Å². The maximum absolute atomic E-state index is 13.0. The highest BCUT2D eigenvalue weighted by molar-refractivity contribution is 7.09. The van der Waals surface area contributed by atoms with Crippen LogP contribution in [0, 0.1) is 5.82 Å². The van der Waals surface area contributed by atoms with Gasteiger partial charge in [-0.15, -0.1) is 11.3 Å². The molecule has 1 amide bonds. The SMILES string of the molecule is CC(c1cc2ccccc2o1)N(C)C(=O)c1csc(COc2ccc(F)cc2)n1. The molecule has 5 nitrogen and oxygen atoms in total. The van der Waals surface area contributed by atoms with E-state index in [1.54, 1.807) is 29.5 Å². The van der Waals surface area contributed by atoms with E-state index in [4.69, 9.17) is 9.15 Å². The van der Waals surface area contributed by atoms with Gasteiger partial charge in [0.15, 0.2) is 0 Å². The van der Waals surface area contributed by atoms with Crippen molar-refractivity contribution in [2.24, 2.45) is 0 Å². The number of ether oxygens (including phenoxy) is 1. The van der Waals surface area contributed by atoms with Gasteiger partial charge in [0.2, 0.25) is 0 Å². The van der Waals surface area contributed by atoms with Crippen LogP contribution in [0.2, 0.25) is 0 Å². The van der Waals surface area contributed by atoms with Crippen molar-refractivity contribution in [3.63, 3.8) is 0 Å². The van der Waals surface area contributed by atoms with Crippen LogP contribution in [-0.4, -0.2) is 22.8 Å². The Labute approximate surface area is 171 Å². The molecule has 2 aromatic heterocycles. The fourth-order valence-electron chi connectivity index (χ4n) is 2.91. The zero-order valence-corrected chi connectivity index (χ0v) is 16.8. The van der Waals surface area contributed by atoms with Crippen LogP contribution < -0.4 is 4.74 Å². The summed E-state index contributed by atoms with van der Waals surface area (Å²) in [5.41, 5.74) is 1.15. The van der Waals surface area contributed by atoms with E-state index in [1.807, 2.05) is 37.3 Å². The van der Waals surface area contributed by atoms with Crippen LogP contribution in [0.25, 0.3) is 11.0 Å². The minimum absolute atomic E-state index is 0.192. The predicted molar refractivity (Wildman–Crippen MR) is 110 cm³/mol. The van der Waals surface area contributed by atoms with Crippen molar-refractivity contribution in [1.82, 2.24) is 9.88 Å². The Morgan fingerprint density at radius 1 is 1.24 bits per heavy atom. The van der Waals surface area contributed by atoms with Crippen LogP contribution in [0.5, 0.6) is 5.75 Å². The Balaban J connectivity index is 1.42. The number of fused-ring (bicyclic) bond motifs is 1. The summed E-state index contributed by atoms with van der Waals surface area (Å²) in [4.78, 5) is 18.8. The van der Waals surface area contributed by atoms with Gasteiger partial charge >= 0.3 is 0 Å². The first-order valence-electron chi connectivity index (χ1n) is 9.09. The third-order valence-electron chi connectivity index (χ3n) is 4.70. The number of carbonyl (C=O) groups excluding carboxylic acids is 1. The number of carbonyl (C=O) groups is 1. The standard InChI is InChI=1S/C22H19FN2O3S/c1-14(20-11-15-5-3-4-6-19(15)28-20)25(2)22(26)18-13-29-21(24-18)12-27-17-9-7-16(23)8-10-17/h3-11,13-14H,12H2,1-2H3. The van der Waals surface area contributed by atoms with Crippen LogP contribution in [0.1, 0.15) is 34.2 Å². The number of rotatable bonds is 6. The minimum Gasteiger partial charge on any atom is -0.486 e. The second kappa shape index (κ2) is 8.05. The second-order valence-electron chi connectivity index (χ2n) is 6.65. The number of aromatic nitrogens is 1. The van der Waals surface area contributed by atoms with Gasteiger partial charge in [0.1, 0.15) is 40.2 Å². The van der Waals surface area contributed by atoms with Crippen LogP contribution in [0.4, 0.5) is 4.39 Å². The summed E-state index contributed by atoms with van der Waals surface area (Å²) in [7, 11) is 1.73. The quantitative estimate of drug-likeness (QED) is 0.425. The molecule has 0 aliphatic carbocycles. The van der Waals surface area contributed by atoms with Gasteiger partial charge in [0, 0.05) is 17.8 Å². The van der Waals surface area contributed by atoms with Crippen LogP contribution in [0.3, 0.4) is 0 Å². The molecule has 29 heavy (non-hydrogen) atoms. The molecule has 7 heteroatoms. The first kappa shape index (κ1) is 19.1. The third-order valence-corrected chi connectivity index (χ3v) is 5.53. The summed E-state index contributed by atoms with van der Waals surface area (Å²) in [6.07, 6.45) is 0. The number of hydrogen-bond acceptors (Lipinski definition) is 5. The van der Waals surface area contributed by atoms with Gasteiger partial charge in [-0.3, -0.25) is 4.79 Å². The largest absolute Gasteiger partial charge is 0.486 e. The highest BCUT2D eigenvalue weighted by Crippen LogP contribution is 2.27. The van der Waals surface area contributed by atoms with E-state index in [1.165, 1.54) is 23.5 Å². The molecule has 0 saturated heterocycles. The summed E-state index contributed by atoms with van der Waals surface area (Å²) in [6.45, 7) is 2.13. The Hall–Kier alpha value is -3.19. The molecular weight excluding hydrogens is 391 g/mol. The fraction of sp³-hybridized carbons (Fsp3) is 0.182. The minimum atomic E-state index is -0.318. The van der Waals surface area contributed by atoms with Gasteiger partial charge in [0.25, 0.3) is 5.91 Å². The number of halogens is 1. The number of hydrogen-bond donors (Lipinski definition) is 0. The van der Waals surface area contributed by atoms with E-state index in [0.717, 1.165) is 16.7 Å². The first-order valence-corrected chi connectivity index (χ1v) is 9.97. The molecule has 1 unspecified atom stereocenters. The summed E-state index contributed by atoms with van der Waals surface area (Å²) in [5, 5.41) is 3.39. The van der Waals surface area contributed by atoms with E-state index >= 15 is 0 Å². The number of furan rings is 1. The normalized spacial score (nSPS) is 12.1. The third kappa shape index (κ3) is 4.14. The lowest BCUT2D eigenvalue weighted by Crippen LogP contribution is -2.29. The molecule has 0 spiro atoms. The smallest absolute Gasteiger partial charge is 0.273 e. The van der Waals surface area contributed by atoms with Gasteiger partial charge in [-0.2, -0.15) is 0 Å². The second-order valence-corrected chi connectivity index (χ2v) is 7.59. The van der Waals surface area contributed by atoms with Crippen LogP contribution >= 0.6 is 11.3 Å². The van der Waals surface area contributed by atoms with E-state index < -0.39 is 0 Å². The summed E-state index contributed by atoms with van der Waals surface area (Å²) < 4.78 is 24.4. The number of nitrogens with zero attached hydrogens (tertiary/aromatic N) is 2. The lowest BCUT2D eigenvalue weighted by molar-refractivity contribution is 0.0722. The van der Waals surface area contributed by atoms with Crippen molar-refractivity contribution < 1.29 is 18.3 Å². The maximum Gasteiger partial charge on any atom is 0.273 e. The molecule has 1 atom stereocenters. The Bertz CT molecular complexity index is 1100. The average Bonchev–Trinajstić information content (AvgIpc) is 3.38. The summed E-state index contributed by atoms with van der Waals surface area (Å²) in [5.74, 6) is 0.755. The van der Waals surface area contributed by atoms with Crippen molar-refractivity contribution in [3.8, 4) is 5.75 Å². The van der Waals surface area contributed by atoms with E-state index in [0.29, 0.717) is 16.5 Å². The summed E-state index contributed by atoms with van der Waals surface area (Å²) >= 11 is 1.35. The van der Waals surface area contributed by atoms with E-state index in [9.17, 15) is 9.18 Å². The molecule has 4 aromatic rings. The molecule has 0 bridgehead atoms. The molecule has 0 N–H and O–H groups in total. The molecule has 0 aliphatic rings. The van der Waals surface area contributed by atoms with Crippen molar-refractivity contribution in [1.29, 1.82) is 0 Å². The van der Waals surface area contributed by atoms with Crippen molar-refractivity contribution >= 4 is 28.2 Å². The average molecular weight is 410 g/mol. The molecule has 2 heterocycles. The number of amides is 1. The molecule has 0 saturated carbocycles. The Morgan fingerprint density at radius 3 is 2.76 bits per heavy atom. The van der Waals surface area contributed by atoms with Crippen molar-refractivity contribution in [2.75, 3.05) is 7.05 Å². The van der Waals surface area contributed by atoms with Crippen molar-refractivity contribution in [2.45, 2.75) is 19.6 Å². The van der Waals surface area contributed by atoms with Gasteiger partial charge in [-0.05, 0) is 43.3 Å². The topological polar surface area (TPSA) is 55.6 Å². The number of benzene rings is 2. The molecule has 0 aliphatic heterocycles. The molecule has 148 valence electrons. The maximum atomic E-state index is 13.0.